The van der Waals surface area contributed by atoms with Gasteiger partial charge in [-0.1, -0.05) is 19.4 Å². The third-order valence-corrected chi connectivity index (χ3v) is 6.25. The number of aromatic nitrogens is 2. The number of anilines is 2. The molecule has 2 heterocycles. The molecular weight excluding hydrogens is 312 g/mol. The van der Waals surface area contributed by atoms with E-state index in [9.17, 15) is 4.79 Å². The van der Waals surface area contributed by atoms with Gasteiger partial charge in [0.25, 0.3) is 0 Å². The molecule has 0 bridgehead atoms. The summed E-state index contributed by atoms with van der Waals surface area (Å²) in [5, 5.41) is 0.805. The lowest BCUT2D eigenvalue weighted by molar-refractivity contribution is -0.116. The molecule has 1 aromatic carbocycles. The van der Waals surface area contributed by atoms with Crippen molar-refractivity contribution in [2.24, 2.45) is 11.3 Å². The summed E-state index contributed by atoms with van der Waals surface area (Å²) in [4.78, 5) is 23.1. The number of nitrogens with zero attached hydrogens (tertiary/aromatic N) is 3. The zero-order valence-corrected chi connectivity index (χ0v) is 14.3. The average Bonchev–Trinajstić information content (AvgIpc) is 3.35. The molecule has 5 nitrogen and oxygen atoms in total. The van der Waals surface area contributed by atoms with Gasteiger partial charge >= 0.3 is 0 Å². The Labute approximate surface area is 146 Å². The van der Waals surface area contributed by atoms with Crippen molar-refractivity contribution in [3.05, 3.63) is 42.1 Å². The fourth-order valence-electron chi connectivity index (χ4n) is 4.74. The maximum absolute atomic E-state index is 12.9. The average molecular weight is 333 g/mol. The van der Waals surface area contributed by atoms with Gasteiger partial charge in [-0.15, -0.1) is 0 Å². The van der Waals surface area contributed by atoms with E-state index in [4.69, 9.17) is 5.73 Å². The highest BCUT2D eigenvalue weighted by atomic mass is 16.2. The van der Waals surface area contributed by atoms with Crippen LogP contribution in [0.3, 0.4) is 0 Å². The number of carbonyl (C=O) groups is 1. The number of fused-ring (bicyclic) bond motifs is 3. The van der Waals surface area contributed by atoms with Crippen LogP contribution >= 0.6 is 0 Å². The molecule has 5 heteroatoms. The number of amides is 1. The zero-order chi connectivity index (χ0) is 17.2. The number of hydrogen-bond acceptors (Lipinski definition) is 4. The van der Waals surface area contributed by atoms with Gasteiger partial charge < -0.3 is 10.6 Å². The van der Waals surface area contributed by atoms with E-state index in [2.05, 4.69) is 23.0 Å². The molecule has 2 unspecified atom stereocenters. The fraction of sp³-hybridized carbons (Fsp3) is 0.400. The molecule has 1 aromatic heterocycles. The maximum Gasteiger partial charge on any atom is 0.242 e. The highest BCUT2D eigenvalue weighted by Crippen LogP contribution is 2.60. The van der Waals surface area contributed by atoms with Crippen LogP contribution in [0.5, 0.6) is 0 Å². The Morgan fingerprint density at radius 3 is 3.04 bits per heavy atom. The number of carbonyl (C=O) groups excluding carboxylic acids is 1. The van der Waals surface area contributed by atoms with Crippen molar-refractivity contribution in [2.75, 3.05) is 17.2 Å². The van der Waals surface area contributed by atoms with Gasteiger partial charge in [0, 0.05) is 23.0 Å². The van der Waals surface area contributed by atoms with Crippen LogP contribution in [0.15, 0.2) is 36.2 Å². The molecule has 1 spiro atoms. The van der Waals surface area contributed by atoms with Gasteiger partial charge in [-0.25, -0.2) is 9.97 Å². The predicted molar refractivity (Wildman–Crippen MR) is 97.7 cm³/mol. The molecule has 1 saturated heterocycles. The molecule has 1 radical (unpaired) electrons. The van der Waals surface area contributed by atoms with Gasteiger partial charge in [0.1, 0.15) is 18.1 Å². The molecule has 25 heavy (non-hydrogen) atoms. The molecule has 3 aliphatic rings. The minimum atomic E-state index is 0.121. The summed E-state index contributed by atoms with van der Waals surface area (Å²) in [7, 11) is 0. The second-order valence-electron chi connectivity index (χ2n) is 7.62. The molecule has 2 atom stereocenters. The van der Waals surface area contributed by atoms with Crippen molar-refractivity contribution >= 4 is 28.3 Å². The Morgan fingerprint density at radius 2 is 2.24 bits per heavy atom. The minimum absolute atomic E-state index is 0.121. The summed E-state index contributed by atoms with van der Waals surface area (Å²) in [5.74, 6) is 2.28. The normalized spacial score (nSPS) is 28.5. The van der Waals surface area contributed by atoms with Crippen molar-refractivity contribution in [1.82, 2.24) is 9.97 Å². The third kappa shape index (κ3) is 2.11. The molecule has 2 aliphatic carbocycles. The Morgan fingerprint density at radius 1 is 1.36 bits per heavy atom. The smallest absolute Gasteiger partial charge is 0.242 e. The first kappa shape index (κ1) is 14.9. The van der Waals surface area contributed by atoms with Crippen LogP contribution in [0.25, 0.3) is 10.9 Å². The molecular formula is C20H21N4O. The molecule has 5 rings (SSSR count). The molecule has 1 amide bonds. The van der Waals surface area contributed by atoms with E-state index in [1.54, 1.807) is 0 Å². The standard InChI is InChI=1S/C20H21N4O/c1-2-12-5-6-20(9-12)10-24(19(25)14-8-16(14)20)13-3-4-17-15(7-13)18(21)23-11-22-17/h3-4,7-8,11-12H,2,5-6,9-10H2,1H3,(H2,21,22,23). The quantitative estimate of drug-likeness (QED) is 0.915. The van der Waals surface area contributed by atoms with Gasteiger partial charge in [-0.05, 0) is 49.0 Å². The first-order chi connectivity index (χ1) is 12.1. The number of piperidine rings is 1. The lowest BCUT2D eigenvalue weighted by Crippen LogP contribution is -2.46. The Hall–Kier alpha value is -2.43. The van der Waals surface area contributed by atoms with Crippen LogP contribution in [-0.4, -0.2) is 22.4 Å². The van der Waals surface area contributed by atoms with Gasteiger partial charge in [0.15, 0.2) is 0 Å². The molecule has 127 valence electrons. The zero-order valence-electron chi connectivity index (χ0n) is 14.3. The Kier molecular flexibility index (Phi) is 3.00. The Bertz CT molecular complexity index is 921. The van der Waals surface area contributed by atoms with E-state index in [0.29, 0.717) is 5.82 Å². The minimum Gasteiger partial charge on any atom is -0.383 e. The number of nitrogens with two attached hydrogens (primary N) is 1. The first-order valence-corrected chi connectivity index (χ1v) is 9.03. The largest absolute Gasteiger partial charge is 0.383 e. The van der Waals surface area contributed by atoms with Crippen molar-refractivity contribution in [2.45, 2.75) is 32.6 Å². The first-order valence-electron chi connectivity index (χ1n) is 9.03. The monoisotopic (exact) mass is 333 g/mol. The van der Waals surface area contributed by atoms with Gasteiger partial charge in [0.05, 0.1) is 5.52 Å². The summed E-state index contributed by atoms with van der Waals surface area (Å²) < 4.78 is 0. The number of hydrogen-bond donors (Lipinski definition) is 1. The lowest BCUT2D eigenvalue weighted by Gasteiger charge is -2.39. The second-order valence-corrected chi connectivity index (χ2v) is 7.62. The SMILES string of the molecule is CCC1CCC2(C1)CN(c1ccc3ncnc(N)c3c1)C(=O)[C]1C=C12. The van der Waals surface area contributed by atoms with Crippen LogP contribution in [0, 0.1) is 17.3 Å². The van der Waals surface area contributed by atoms with Crippen molar-refractivity contribution in [3.63, 3.8) is 0 Å². The van der Waals surface area contributed by atoms with Crippen molar-refractivity contribution in [3.8, 4) is 0 Å². The van der Waals surface area contributed by atoms with E-state index >= 15 is 0 Å². The number of nitrogen functional groups attached to an aromatic ring is 1. The predicted octanol–water partition coefficient (Wildman–Crippen LogP) is 3.27. The molecule has 2 aromatic rings. The van der Waals surface area contributed by atoms with Crippen molar-refractivity contribution < 1.29 is 4.79 Å². The summed E-state index contributed by atoms with van der Waals surface area (Å²) >= 11 is 0. The number of rotatable bonds is 2. The van der Waals surface area contributed by atoms with Crippen LogP contribution in [-0.2, 0) is 4.79 Å². The highest BCUT2D eigenvalue weighted by Gasteiger charge is 2.57. The summed E-state index contributed by atoms with van der Waals surface area (Å²) in [6.07, 6.45) is 8.45. The molecule has 2 fully saturated rings. The van der Waals surface area contributed by atoms with Gasteiger partial charge in [0.2, 0.25) is 5.91 Å². The van der Waals surface area contributed by atoms with E-state index in [1.165, 1.54) is 37.6 Å². The van der Waals surface area contributed by atoms with Crippen molar-refractivity contribution in [1.29, 1.82) is 0 Å². The highest BCUT2D eigenvalue weighted by molar-refractivity contribution is 6.14. The van der Waals surface area contributed by atoms with E-state index in [1.807, 2.05) is 23.1 Å². The van der Waals surface area contributed by atoms with Crippen LogP contribution in [0.2, 0.25) is 0 Å². The fourth-order valence-corrected chi connectivity index (χ4v) is 4.74. The maximum atomic E-state index is 12.9. The second kappa shape index (κ2) is 5.04. The summed E-state index contributed by atoms with van der Waals surface area (Å²) in [6, 6.07) is 5.85. The van der Waals surface area contributed by atoms with E-state index in [-0.39, 0.29) is 11.3 Å². The van der Waals surface area contributed by atoms with Crippen LogP contribution in [0.4, 0.5) is 11.5 Å². The third-order valence-electron chi connectivity index (χ3n) is 6.25. The Balaban J connectivity index is 1.53. The molecule has 1 saturated carbocycles. The van der Waals surface area contributed by atoms with Gasteiger partial charge in [-0.2, -0.15) is 0 Å². The molecule has 1 aliphatic heterocycles. The number of benzene rings is 1. The van der Waals surface area contributed by atoms with E-state index < -0.39 is 0 Å². The van der Waals surface area contributed by atoms with Crippen LogP contribution in [0.1, 0.15) is 32.6 Å². The van der Waals surface area contributed by atoms with Crippen LogP contribution < -0.4 is 10.6 Å². The topological polar surface area (TPSA) is 72.1 Å². The van der Waals surface area contributed by atoms with Gasteiger partial charge in [-0.3, -0.25) is 4.79 Å². The van der Waals surface area contributed by atoms with E-state index in [0.717, 1.165) is 35.0 Å². The summed E-state index contributed by atoms with van der Waals surface area (Å²) in [6.45, 7) is 3.05. The molecule has 2 N–H and O–H groups in total. The lowest BCUT2D eigenvalue weighted by atomic mass is 9.77. The summed E-state index contributed by atoms with van der Waals surface area (Å²) in [5.41, 5.74) is 9.20.